The van der Waals surface area contributed by atoms with Crippen molar-refractivity contribution in [1.82, 2.24) is 15.2 Å². The van der Waals surface area contributed by atoms with Crippen LogP contribution < -0.4 is 10.6 Å². The summed E-state index contributed by atoms with van der Waals surface area (Å²) in [6.07, 6.45) is 1.13. The highest BCUT2D eigenvalue weighted by molar-refractivity contribution is 7.90. The molecule has 2 rings (SSSR count). The van der Waals surface area contributed by atoms with Crippen LogP contribution in [-0.2, 0) is 14.6 Å². The molecule has 1 aromatic carbocycles. The van der Waals surface area contributed by atoms with Gasteiger partial charge in [0, 0.05) is 32.8 Å². The van der Waals surface area contributed by atoms with Gasteiger partial charge < -0.3 is 10.2 Å². The van der Waals surface area contributed by atoms with Crippen molar-refractivity contribution in [2.45, 2.75) is 32.1 Å². The largest absolute Gasteiger partial charge is 0.345 e. The fraction of sp³-hybridized carbons (Fsp3) is 0.450. The normalized spacial score (nSPS) is 11.5. The van der Waals surface area contributed by atoms with E-state index in [2.05, 4.69) is 15.6 Å². The number of hydrogen-bond donors (Lipinski definition) is 2. The van der Waals surface area contributed by atoms with Crippen molar-refractivity contribution in [1.29, 1.82) is 0 Å². The molecule has 0 aliphatic heterocycles. The minimum atomic E-state index is -3.66. The van der Waals surface area contributed by atoms with Gasteiger partial charge in [-0.1, -0.05) is 31.3 Å². The Hall–Kier alpha value is -2.53. The van der Waals surface area contributed by atoms with Gasteiger partial charge in [-0.05, 0) is 30.5 Å². The quantitative estimate of drug-likeness (QED) is 0.615. The number of urea groups is 1. The Morgan fingerprint density at radius 3 is 2.55 bits per heavy atom. The van der Waals surface area contributed by atoms with Crippen LogP contribution in [0, 0.1) is 18.7 Å². The topological polar surface area (TPSA) is 108 Å². The molecule has 0 saturated heterocycles. The summed E-state index contributed by atoms with van der Waals surface area (Å²) in [4.78, 5) is 30.2. The van der Waals surface area contributed by atoms with E-state index in [1.54, 1.807) is 18.9 Å². The Balaban J connectivity index is 1.98. The second-order valence-electron chi connectivity index (χ2n) is 7.65. The van der Waals surface area contributed by atoms with Crippen molar-refractivity contribution >= 4 is 38.2 Å². The third kappa shape index (κ3) is 7.00. The zero-order valence-electron chi connectivity index (χ0n) is 18.2. The fourth-order valence-electron chi connectivity index (χ4n) is 2.93. The lowest BCUT2D eigenvalue weighted by molar-refractivity contribution is -0.130. The molecule has 0 atom stereocenters. The molecular formula is C20H27FN4O4S2. The molecule has 170 valence electrons. The molecule has 0 saturated carbocycles. The maximum absolute atomic E-state index is 14.2. The standard InChI is InChI=1S/C20H27FN4O4S2/c1-12(2)11-25(4)17(26)8-9-22-19(27)24-20-23-13(3)18(30-20)14-6-7-16(15(21)10-14)31(5,28)29/h6-7,10,12H,8-9,11H2,1-5H3,(H2,22,23,24,27). The van der Waals surface area contributed by atoms with E-state index < -0.39 is 21.7 Å². The Morgan fingerprint density at radius 1 is 1.29 bits per heavy atom. The Bertz CT molecular complexity index is 1070. The highest BCUT2D eigenvalue weighted by atomic mass is 32.2. The minimum Gasteiger partial charge on any atom is -0.345 e. The Labute approximate surface area is 185 Å². The number of aryl methyl sites for hydroxylation is 1. The van der Waals surface area contributed by atoms with Gasteiger partial charge in [0.2, 0.25) is 5.91 Å². The highest BCUT2D eigenvalue weighted by Gasteiger charge is 2.18. The van der Waals surface area contributed by atoms with Gasteiger partial charge in [0.15, 0.2) is 15.0 Å². The summed E-state index contributed by atoms with van der Waals surface area (Å²) in [5, 5.41) is 5.52. The van der Waals surface area contributed by atoms with Crippen LogP contribution >= 0.6 is 11.3 Å². The molecule has 1 heterocycles. The number of rotatable bonds is 8. The molecule has 0 spiro atoms. The number of nitrogens with one attached hydrogen (secondary N) is 2. The molecule has 3 amide bonds. The number of nitrogens with zero attached hydrogens (tertiary/aromatic N) is 2. The summed E-state index contributed by atoms with van der Waals surface area (Å²) in [7, 11) is -1.93. The average molecular weight is 471 g/mol. The van der Waals surface area contributed by atoms with Crippen LogP contribution in [-0.4, -0.2) is 56.6 Å². The number of benzene rings is 1. The molecule has 31 heavy (non-hydrogen) atoms. The number of aromatic nitrogens is 1. The SMILES string of the molecule is Cc1nc(NC(=O)NCCC(=O)N(C)CC(C)C)sc1-c1ccc(S(C)(=O)=O)c(F)c1. The zero-order chi connectivity index (χ0) is 23.3. The first-order chi connectivity index (χ1) is 14.4. The van der Waals surface area contributed by atoms with Gasteiger partial charge in [0.25, 0.3) is 0 Å². The van der Waals surface area contributed by atoms with Gasteiger partial charge in [0.05, 0.1) is 10.6 Å². The lowest BCUT2D eigenvalue weighted by atomic mass is 10.1. The van der Waals surface area contributed by atoms with E-state index >= 15 is 0 Å². The Morgan fingerprint density at radius 2 is 1.97 bits per heavy atom. The fourth-order valence-corrected chi connectivity index (χ4v) is 4.61. The number of carbonyl (C=O) groups excluding carboxylic acids is 2. The van der Waals surface area contributed by atoms with Crippen molar-refractivity contribution in [3.8, 4) is 10.4 Å². The van der Waals surface area contributed by atoms with Gasteiger partial charge in [0.1, 0.15) is 10.7 Å². The average Bonchev–Trinajstić information content (AvgIpc) is 2.99. The van der Waals surface area contributed by atoms with E-state index in [1.807, 2.05) is 13.8 Å². The maximum Gasteiger partial charge on any atom is 0.321 e. The first-order valence-electron chi connectivity index (χ1n) is 9.64. The summed E-state index contributed by atoms with van der Waals surface area (Å²) in [6.45, 7) is 6.59. The molecule has 0 radical (unpaired) electrons. The first kappa shape index (κ1) is 24.7. The number of sulfone groups is 1. The molecule has 0 unspecified atom stereocenters. The van der Waals surface area contributed by atoms with Gasteiger partial charge in [-0.2, -0.15) is 0 Å². The van der Waals surface area contributed by atoms with Crippen LogP contribution in [0.25, 0.3) is 10.4 Å². The summed E-state index contributed by atoms with van der Waals surface area (Å²) in [5.41, 5.74) is 1.03. The zero-order valence-corrected chi connectivity index (χ0v) is 19.8. The van der Waals surface area contributed by atoms with E-state index in [1.165, 1.54) is 12.1 Å². The third-order valence-corrected chi connectivity index (χ3v) is 6.55. The molecule has 0 fully saturated rings. The van der Waals surface area contributed by atoms with Crippen molar-refractivity contribution in [3.63, 3.8) is 0 Å². The molecule has 8 nitrogen and oxygen atoms in total. The smallest absolute Gasteiger partial charge is 0.321 e. The van der Waals surface area contributed by atoms with E-state index in [0.717, 1.165) is 23.7 Å². The van der Waals surface area contributed by atoms with Gasteiger partial charge in [-0.15, -0.1) is 0 Å². The molecule has 0 aliphatic carbocycles. The third-order valence-electron chi connectivity index (χ3n) is 4.30. The molecular weight excluding hydrogens is 443 g/mol. The first-order valence-corrected chi connectivity index (χ1v) is 12.4. The second-order valence-corrected chi connectivity index (χ2v) is 10.6. The molecule has 0 aliphatic rings. The summed E-state index contributed by atoms with van der Waals surface area (Å²) < 4.78 is 37.4. The van der Waals surface area contributed by atoms with Crippen LogP contribution in [0.1, 0.15) is 26.0 Å². The monoisotopic (exact) mass is 470 g/mol. The number of thiazole rings is 1. The minimum absolute atomic E-state index is 0.0547. The number of anilines is 1. The van der Waals surface area contributed by atoms with Crippen LogP contribution in [0.4, 0.5) is 14.3 Å². The second kappa shape index (κ2) is 10.2. The van der Waals surface area contributed by atoms with E-state index in [4.69, 9.17) is 0 Å². The van der Waals surface area contributed by atoms with Gasteiger partial charge in [-0.3, -0.25) is 10.1 Å². The highest BCUT2D eigenvalue weighted by Crippen LogP contribution is 2.34. The lowest BCUT2D eigenvalue weighted by Crippen LogP contribution is -2.35. The van der Waals surface area contributed by atoms with Crippen LogP contribution in [0.3, 0.4) is 0 Å². The number of carbonyl (C=O) groups is 2. The molecule has 2 aromatic rings. The number of amides is 3. The van der Waals surface area contributed by atoms with Gasteiger partial charge in [-0.25, -0.2) is 22.6 Å². The van der Waals surface area contributed by atoms with Crippen LogP contribution in [0.15, 0.2) is 23.1 Å². The molecule has 0 bridgehead atoms. The summed E-state index contributed by atoms with van der Waals surface area (Å²) >= 11 is 1.14. The predicted octanol–water partition coefficient (Wildman–Crippen LogP) is 3.29. The summed E-state index contributed by atoms with van der Waals surface area (Å²) in [6, 6.07) is 3.35. The molecule has 2 N–H and O–H groups in total. The van der Waals surface area contributed by atoms with Crippen molar-refractivity contribution in [3.05, 3.63) is 29.7 Å². The van der Waals surface area contributed by atoms with Crippen LogP contribution in [0.5, 0.6) is 0 Å². The van der Waals surface area contributed by atoms with Crippen LogP contribution in [0.2, 0.25) is 0 Å². The van der Waals surface area contributed by atoms with E-state index in [0.29, 0.717) is 33.7 Å². The maximum atomic E-state index is 14.2. The summed E-state index contributed by atoms with van der Waals surface area (Å²) in [5.74, 6) is -0.531. The molecule has 1 aromatic heterocycles. The van der Waals surface area contributed by atoms with Crippen molar-refractivity contribution < 1.29 is 22.4 Å². The van der Waals surface area contributed by atoms with Crippen molar-refractivity contribution in [2.75, 3.05) is 31.7 Å². The lowest BCUT2D eigenvalue weighted by Gasteiger charge is -2.19. The van der Waals surface area contributed by atoms with Crippen molar-refractivity contribution in [2.24, 2.45) is 5.92 Å². The van der Waals surface area contributed by atoms with E-state index in [9.17, 15) is 22.4 Å². The Kier molecular flexibility index (Phi) is 8.13. The van der Waals surface area contributed by atoms with E-state index in [-0.39, 0.29) is 23.8 Å². The molecule has 11 heteroatoms. The number of hydrogen-bond acceptors (Lipinski definition) is 6. The predicted molar refractivity (Wildman–Crippen MR) is 119 cm³/mol. The number of halogens is 1. The van der Waals surface area contributed by atoms with Gasteiger partial charge >= 0.3 is 6.03 Å².